The third-order valence-corrected chi connectivity index (χ3v) is 2.66. The van der Waals surface area contributed by atoms with Gasteiger partial charge in [-0.05, 0) is 20.8 Å². The molecule has 0 aliphatic rings. The fourth-order valence-electron chi connectivity index (χ4n) is 1.64. The maximum absolute atomic E-state index is 12.1. The van der Waals surface area contributed by atoms with E-state index in [0.717, 1.165) is 0 Å². The maximum Gasteiger partial charge on any atom is 0.414 e. The number of amides is 1. The molecule has 0 heterocycles. The first-order valence-electron chi connectivity index (χ1n) is 6.36. The zero-order valence-electron chi connectivity index (χ0n) is 13.2. The van der Waals surface area contributed by atoms with Gasteiger partial charge in [0.05, 0.1) is 19.9 Å². The number of rotatable bonds is 3. The molecule has 0 unspecified atom stereocenters. The Labute approximate surface area is 124 Å². The number of nitriles is 1. The number of hydrogen-bond acceptors (Lipinski definition) is 5. The summed E-state index contributed by atoms with van der Waals surface area (Å²) in [4.78, 5) is 13.4. The van der Waals surface area contributed by atoms with Gasteiger partial charge in [-0.1, -0.05) is 0 Å². The van der Waals surface area contributed by atoms with Crippen LogP contribution in [-0.4, -0.2) is 33.0 Å². The number of carbonyl (C=O) groups is 1. The highest BCUT2D eigenvalue weighted by molar-refractivity contribution is 5.88. The van der Waals surface area contributed by atoms with Crippen LogP contribution < -0.4 is 14.4 Å². The molecule has 21 heavy (non-hydrogen) atoms. The second-order valence-electron chi connectivity index (χ2n) is 5.38. The molecule has 1 aromatic rings. The fourth-order valence-corrected chi connectivity index (χ4v) is 1.64. The molecule has 0 spiro atoms. The van der Waals surface area contributed by atoms with Gasteiger partial charge in [-0.3, -0.25) is 4.90 Å². The van der Waals surface area contributed by atoms with Crippen LogP contribution in [0.25, 0.3) is 0 Å². The van der Waals surface area contributed by atoms with Gasteiger partial charge in [-0.2, -0.15) is 5.26 Å². The summed E-state index contributed by atoms with van der Waals surface area (Å²) < 4.78 is 15.6. The lowest BCUT2D eigenvalue weighted by molar-refractivity contribution is 0.0589. The molecule has 1 amide bonds. The SMILES string of the molecule is COc1cc(N(C)C(=O)OC(C)(C)C)cc(OC)c1C#N. The van der Waals surface area contributed by atoms with Crippen molar-refractivity contribution in [1.82, 2.24) is 0 Å². The van der Waals surface area contributed by atoms with Crippen molar-refractivity contribution in [2.45, 2.75) is 26.4 Å². The molecular weight excluding hydrogens is 272 g/mol. The van der Waals surface area contributed by atoms with Crippen molar-refractivity contribution in [2.24, 2.45) is 0 Å². The average molecular weight is 292 g/mol. The van der Waals surface area contributed by atoms with E-state index in [-0.39, 0.29) is 5.56 Å². The van der Waals surface area contributed by atoms with Crippen LogP contribution in [0.3, 0.4) is 0 Å². The quantitative estimate of drug-likeness (QED) is 0.856. The largest absolute Gasteiger partial charge is 0.495 e. The molecule has 6 heteroatoms. The molecule has 0 saturated carbocycles. The lowest BCUT2D eigenvalue weighted by Gasteiger charge is -2.25. The van der Waals surface area contributed by atoms with Crippen molar-refractivity contribution >= 4 is 11.8 Å². The van der Waals surface area contributed by atoms with Gasteiger partial charge in [0.2, 0.25) is 0 Å². The van der Waals surface area contributed by atoms with Gasteiger partial charge in [-0.25, -0.2) is 4.79 Å². The average Bonchev–Trinajstić information content (AvgIpc) is 2.42. The second kappa shape index (κ2) is 6.35. The van der Waals surface area contributed by atoms with Gasteiger partial charge in [0, 0.05) is 19.2 Å². The van der Waals surface area contributed by atoms with Gasteiger partial charge in [0.15, 0.2) is 0 Å². The van der Waals surface area contributed by atoms with Gasteiger partial charge >= 0.3 is 6.09 Å². The highest BCUT2D eigenvalue weighted by Gasteiger charge is 2.22. The van der Waals surface area contributed by atoms with Crippen LogP contribution in [0.15, 0.2) is 12.1 Å². The van der Waals surface area contributed by atoms with E-state index < -0.39 is 11.7 Å². The summed E-state index contributed by atoms with van der Waals surface area (Å²) in [5, 5.41) is 9.14. The van der Waals surface area contributed by atoms with Crippen molar-refractivity contribution in [3.05, 3.63) is 17.7 Å². The molecule has 0 saturated heterocycles. The first-order chi connectivity index (χ1) is 9.73. The molecule has 0 N–H and O–H groups in total. The van der Waals surface area contributed by atoms with E-state index in [1.165, 1.54) is 19.1 Å². The Hall–Kier alpha value is -2.42. The Bertz CT molecular complexity index is 545. The van der Waals surface area contributed by atoms with Crippen molar-refractivity contribution in [3.8, 4) is 17.6 Å². The molecule has 0 atom stereocenters. The lowest BCUT2D eigenvalue weighted by atomic mass is 10.1. The molecular formula is C15H20N2O4. The molecule has 1 aromatic carbocycles. The van der Waals surface area contributed by atoms with Crippen LogP contribution in [0.4, 0.5) is 10.5 Å². The molecule has 0 aromatic heterocycles. The number of anilines is 1. The molecule has 0 aliphatic heterocycles. The molecule has 0 bridgehead atoms. The van der Waals surface area contributed by atoms with E-state index in [4.69, 9.17) is 19.5 Å². The number of methoxy groups -OCH3 is 2. The van der Waals surface area contributed by atoms with Crippen LogP contribution in [0, 0.1) is 11.3 Å². The number of carbonyl (C=O) groups excluding carboxylic acids is 1. The molecule has 0 aliphatic carbocycles. The number of hydrogen-bond donors (Lipinski definition) is 0. The van der Waals surface area contributed by atoms with Crippen molar-refractivity contribution < 1.29 is 19.0 Å². The van der Waals surface area contributed by atoms with E-state index in [2.05, 4.69) is 0 Å². The minimum absolute atomic E-state index is 0.279. The van der Waals surface area contributed by atoms with Crippen LogP contribution in [0.2, 0.25) is 0 Å². The van der Waals surface area contributed by atoms with Crippen LogP contribution in [0.5, 0.6) is 11.5 Å². The first kappa shape index (κ1) is 16.6. The Morgan fingerprint density at radius 1 is 1.19 bits per heavy atom. The Balaban J connectivity index is 3.19. The minimum Gasteiger partial charge on any atom is -0.495 e. The van der Waals surface area contributed by atoms with E-state index >= 15 is 0 Å². The third kappa shape index (κ3) is 4.02. The summed E-state index contributed by atoms with van der Waals surface area (Å²) in [6, 6.07) is 5.19. The lowest BCUT2D eigenvalue weighted by Crippen LogP contribution is -2.34. The number of ether oxygens (including phenoxy) is 3. The number of benzene rings is 1. The van der Waals surface area contributed by atoms with E-state index in [0.29, 0.717) is 17.2 Å². The Morgan fingerprint density at radius 2 is 1.67 bits per heavy atom. The summed E-state index contributed by atoms with van der Waals surface area (Å²) in [5.41, 5.74) is 0.199. The predicted octanol–water partition coefficient (Wildman–Crippen LogP) is 2.95. The van der Waals surface area contributed by atoms with Crippen molar-refractivity contribution in [1.29, 1.82) is 5.26 Å². The van der Waals surface area contributed by atoms with E-state index in [1.807, 2.05) is 6.07 Å². The Morgan fingerprint density at radius 3 is 2.00 bits per heavy atom. The van der Waals surface area contributed by atoms with Gasteiger partial charge in [0.25, 0.3) is 0 Å². The zero-order chi connectivity index (χ0) is 16.2. The maximum atomic E-state index is 12.1. The van der Waals surface area contributed by atoms with Crippen LogP contribution in [0.1, 0.15) is 26.3 Å². The highest BCUT2D eigenvalue weighted by atomic mass is 16.6. The normalized spacial score (nSPS) is 10.5. The summed E-state index contributed by atoms with van der Waals surface area (Å²) >= 11 is 0. The topological polar surface area (TPSA) is 71.8 Å². The molecule has 6 nitrogen and oxygen atoms in total. The zero-order valence-corrected chi connectivity index (χ0v) is 13.2. The first-order valence-corrected chi connectivity index (χ1v) is 6.36. The molecule has 0 fully saturated rings. The molecule has 114 valence electrons. The standard InChI is InChI=1S/C15H20N2O4/c1-15(2,3)21-14(18)17(4)10-7-12(19-5)11(9-16)13(8-10)20-6/h7-8H,1-6H3. The van der Waals surface area contributed by atoms with Crippen LogP contribution >= 0.6 is 0 Å². The van der Waals surface area contributed by atoms with Gasteiger partial charge < -0.3 is 14.2 Å². The Kier molecular flexibility index (Phi) is 5.03. The monoisotopic (exact) mass is 292 g/mol. The highest BCUT2D eigenvalue weighted by Crippen LogP contribution is 2.33. The van der Waals surface area contributed by atoms with Gasteiger partial charge in [-0.15, -0.1) is 0 Å². The third-order valence-electron chi connectivity index (χ3n) is 2.66. The predicted molar refractivity (Wildman–Crippen MR) is 78.9 cm³/mol. The molecule has 1 rings (SSSR count). The fraction of sp³-hybridized carbons (Fsp3) is 0.467. The second-order valence-corrected chi connectivity index (χ2v) is 5.38. The van der Waals surface area contributed by atoms with E-state index in [9.17, 15) is 4.79 Å². The molecule has 0 radical (unpaired) electrons. The summed E-state index contributed by atoms with van der Waals surface area (Å²) in [7, 11) is 4.48. The summed E-state index contributed by atoms with van der Waals surface area (Å²) in [6.45, 7) is 5.37. The van der Waals surface area contributed by atoms with Gasteiger partial charge in [0.1, 0.15) is 28.7 Å². The summed E-state index contributed by atoms with van der Waals surface area (Å²) in [6.07, 6.45) is -0.503. The smallest absolute Gasteiger partial charge is 0.414 e. The van der Waals surface area contributed by atoms with E-state index in [1.54, 1.807) is 40.0 Å². The van der Waals surface area contributed by atoms with Crippen LogP contribution in [-0.2, 0) is 4.74 Å². The van der Waals surface area contributed by atoms with Crippen molar-refractivity contribution in [3.63, 3.8) is 0 Å². The number of nitrogens with zero attached hydrogens (tertiary/aromatic N) is 2. The van der Waals surface area contributed by atoms with Crippen molar-refractivity contribution in [2.75, 3.05) is 26.2 Å². The summed E-state index contributed by atoms with van der Waals surface area (Å²) in [5.74, 6) is 0.671. The minimum atomic E-state index is -0.591.